The number of para-hydroxylation sites is 1. The number of aromatic nitrogens is 1. The zero-order chi connectivity index (χ0) is 15.8. The van der Waals surface area contributed by atoms with Crippen molar-refractivity contribution in [2.24, 2.45) is 5.10 Å². The SMILES string of the molecule is C/C(=N/NC(=O)COc1ccccc1C#N)c1ccccn1. The van der Waals surface area contributed by atoms with Crippen LogP contribution in [0.1, 0.15) is 18.2 Å². The normalized spacial score (nSPS) is 10.6. The average molecular weight is 294 g/mol. The molecule has 0 atom stereocenters. The highest BCUT2D eigenvalue weighted by atomic mass is 16.5. The molecule has 1 aromatic heterocycles. The molecule has 0 fully saturated rings. The minimum atomic E-state index is -0.414. The lowest BCUT2D eigenvalue weighted by molar-refractivity contribution is -0.123. The molecule has 0 aliphatic rings. The van der Waals surface area contributed by atoms with Gasteiger partial charge in [0.15, 0.2) is 6.61 Å². The quantitative estimate of drug-likeness (QED) is 0.673. The molecule has 0 saturated heterocycles. The minimum Gasteiger partial charge on any atom is -0.482 e. The fourth-order valence-corrected chi connectivity index (χ4v) is 1.64. The number of hydrogen-bond donors (Lipinski definition) is 1. The number of benzene rings is 1. The van der Waals surface area contributed by atoms with E-state index in [0.29, 0.717) is 22.7 Å². The number of amides is 1. The molecule has 1 aromatic carbocycles. The Morgan fingerprint density at radius 2 is 2.09 bits per heavy atom. The van der Waals surface area contributed by atoms with Crippen molar-refractivity contribution in [1.82, 2.24) is 10.4 Å². The highest BCUT2D eigenvalue weighted by Gasteiger charge is 2.06. The summed E-state index contributed by atoms with van der Waals surface area (Å²) in [7, 11) is 0. The molecular weight excluding hydrogens is 280 g/mol. The number of carbonyl (C=O) groups is 1. The van der Waals surface area contributed by atoms with Gasteiger partial charge in [0.2, 0.25) is 0 Å². The fourth-order valence-electron chi connectivity index (χ4n) is 1.64. The van der Waals surface area contributed by atoms with Crippen LogP contribution in [0.5, 0.6) is 5.75 Å². The van der Waals surface area contributed by atoms with Crippen LogP contribution in [-0.4, -0.2) is 23.2 Å². The van der Waals surface area contributed by atoms with Crippen molar-refractivity contribution in [2.45, 2.75) is 6.92 Å². The van der Waals surface area contributed by atoms with E-state index in [2.05, 4.69) is 15.5 Å². The number of nitrogens with one attached hydrogen (secondary N) is 1. The maximum atomic E-state index is 11.7. The van der Waals surface area contributed by atoms with Crippen LogP contribution in [0, 0.1) is 11.3 Å². The van der Waals surface area contributed by atoms with Gasteiger partial charge in [-0.05, 0) is 31.2 Å². The first-order chi connectivity index (χ1) is 10.7. The van der Waals surface area contributed by atoms with E-state index in [4.69, 9.17) is 10.00 Å². The van der Waals surface area contributed by atoms with Crippen LogP contribution in [0.4, 0.5) is 0 Å². The molecule has 2 rings (SSSR count). The molecular formula is C16H14N4O2. The van der Waals surface area contributed by atoms with Gasteiger partial charge in [-0.15, -0.1) is 0 Å². The Bertz CT molecular complexity index is 720. The molecule has 1 heterocycles. The van der Waals surface area contributed by atoms with Crippen LogP contribution in [0.15, 0.2) is 53.8 Å². The second kappa shape index (κ2) is 7.55. The highest BCUT2D eigenvalue weighted by molar-refractivity contribution is 5.97. The smallest absolute Gasteiger partial charge is 0.277 e. The van der Waals surface area contributed by atoms with Gasteiger partial charge >= 0.3 is 0 Å². The summed E-state index contributed by atoms with van der Waals surface area (Å²) in [6.45, 7) is 1.52. The zero-order valence-corrected chi connectivity index (χ0v) is 12.0. The second-order valence-electron chi connectivity index (χ2n) is 4.34. The Labute approximate surface area is 128 Å². The van der Waals surface area contributed by atoms with E-state index in [0.717, 1.165) is 0 Å². The third-order valence-electron chi connectivity index (χ3n) is 2.75. The number of hydrogen-bond acceptors (Lipinski definition) is 5. The van der Waals surface area contributed by atoms with Gasteiger partial charge in [-0.2, -0.15) is 10.4 Å². The summed E-state index contributed by atoms with van der Waals surface area (Å²) < 4.78 is 5.31. The number of rotatable bonds is 5. The van der Waals surface area contributed by atoms with Gasteiger partial charge in [-0.3, -0.25) is 9.78 Å². The predicted molar refractivity (Wildman–Crippen MR) is 81.2 cm³/mol. The third-order valence-corrected chi connectivity index (χ3v) is 2.75. The Morgan fingerprint density at radius 1 is 1.32 bits per heavy atom. The van der Waals surface area contributed by atoms with Crippen LogP contribution in [0.3, 0.4) is 0 Å². The number of hydrazone groups is 1. The molecule has 6 nitrogen and oxygen atoms in total. The molecule has 0 bridgehead atoms. The molecule has 0 radical (unpaired) electrons. The van der Waals surface area contributed by atoms with E-state index in [-0.39, 0.29) is 6.61 Å². The van der Waals surface area contributed by atoms with E-state index in [1.54, 1.807) is 49.5 Å². The first-order valence-corrected chi connectivity index (χ1v) is 6.57. The fraction of sp³-hybridized carbons (Fsp3) is 0.125. The Balaban J connectivity index is 1.90. The number of carbonyl (C=O) groups excluding carboxylic acids is 1. The molecule has 1 N–H and O–H groups in total. The molecule has 0 unspecified atom stereocenters. The molecule has 22 heavy (non-hydrogen) atoms. The third kappa shape index (κ3) is 4.15. The topological polar surface area (TPSA) is 87.4 Å². The van der Waals surface area contributed by atoms with Gasteiger partial charge in [0.25, 0.3) is 5.91 Å². The first-order valence-electron chi connectivity index (χ1n) is 6.57. The van der Waals surface area contributed by atoms with Crippen molar-refractivity contribution in [3.8, 4) is 11.8 Å². The second-order valence-corrected chi connectivity index (χ2v) is 4.34. The Kier molecular flexibility index (Phi) is 5.21. The Morgan fingerprint density at radius 3 is 2.82 bits per heavy atom. The summed E-state index contributed by atoms with van der Waals surface area (Å²) >= 11 is 0. The minimum absolute atomic E-state index is 0.225. The summed E-state index contributed by atoms with van der Waals surface area (Å²) in [5, 5.41) is 12.9. The molecule has 0 aliphatic carbocycles. The van der Waals surface area contributed by atoms with Crippen molar-refractivity contribution in [3.05, 3.63) is 59.9 Å². The number of nitrogens with zero attached hydrogens (tertiary/aromatic N) is 3. The Hall–Kier alpha value is -3.20. The van der Waals surface area contributed by atoms with Crippen molar-refractivity contribution in [3.63, 3.8) is 0 Å². The monoisotopic (exact) mass is 294 g/mol. The van der Waals surface area contributed by atoms with Gasteiger partial charge in [-0.25, -0.2) is 5.43 Å². The average Bonchev–Trinajstić information content (AvgIpc) is 2.58. The van der Waals surface area contributed by atoms with Crippen LogP contribution in [0.2, 0.25) is 0 Å². The predicted octanol–water partition coefficient (Wildman–Crippen LogP) is 1.87. The summed E-state index contributed by atoms with van der Waals surface area (Å²) in [5.74, 6) is -0.0476. The molecule has 0 spiro atoms. The summed E-state index contributed by atoms with van der Waals surface area (Å²) in [6, 6.07) is 14.2. The van der Waals surface area contributed by atoms with Gasteiger partial charge in [-0.1, -0.05) is 18.2 Å². The number of pyridine rings is 1. The molecule has 6 heteroatoms. The zero-order valence-electron chi connectivity index (χ0n) is 12.0. The van der Waals surface area contributed by atoms with Crippen LogP contribution in [0.25, 0.3) is 0 Å². The van der Waals surface area contributed by atoms with E-state index in [1.165, 1.54) is 0 Å². The maximum Gasteiger partial charge on any atom is 0.277 e. The summed E-state index contributed by atoms with van der Waals surface area (Å²) in [6.07, 6.45) is 1.65. The standard InChI is InChI=1S/C16H14N4O2/c1-12(14-7-4-5-9-18-14)19-20-16(21)11-22-15-8-3-2-6-13(15)10-17/h2-9H,11H2,1H3,(H,20,21)/b19-12-. The molecule has 2 aromatic rings. The number of nitriles is 1. The van der Waals surface area contributed by atoms with Crippen molar-refractivity contribution >= 4 is 11.6 Å². The van der Waals surface area contributed by atoms with Gasteiger partial charge in [0.1, 0.15) is 11.8 Å². The largest absolute Gasteiger partial charge is 0.482 e. The van der Waals surface area contributed by atoms with Crippen molar-refractivity contribution in [2.75, 3.05) is 6.61 Å². The molecule has 110 valence electrons. The van der Waals surface area contributed by atoms with E-state index in [1.807, 2.05) is 12.1 Å². The lowest BCUT2D eigenvalue weighted by Gasteiger charge is -2.06. The lowest BCUT2D eigenvalue weighted by atomic mass is 10.2. The van der Waals surface area contributed by atoms with E-state index < -0.39 is 5.91 Å². The van der Waals surface area contributed by atoms with E-state index >= 15 is 0 Å². The first kappa shape index (κ1) is 15.2. The summed E-state index contributed by atoms with van der Waals surface area (Å²) in [4.78, 5) is 15.8. The molecule has 1 amide bonds. The van der Waals surface area contributed by atoms with Crippen LogP contribution >= 0.6 is 0 Å². The van der Waals surface area contributed by atoms with Crippen LogP contribution < -0.4 is 10.2 Å². The number of ether oxygens (including phenoxy) is 1. The van der Waals surface area contributed by atoms with E-state index in [9.17, 15) is 4.79 Å². The van der Waals surface area contributed by atoms with Crippen molar-refractivity contribution < 1.29 is 9.53 Å². The molecule has 0 saturated carbocycles. The van der Waals surface area contributed by atoms with Crippen molar-refractivity contribution in [1.29, 1.82) is 5.26 Å². The maximum absolute atomic E-state index is 11.7. The highest BCUT2D eigenvalue weighted by Crippen LogP contribution is 2.16. The van der Waals surface area contributed by atoms with Crippen LogP contribution in [-0.2, 0) is 4.79 Å². The molecule has 0 aliphatic heterocycles. The van der Waals surface area contributed by atoms with Gasteiger partial charge in [0, 0.05) is 6.20 Å². The summed E-state index contributed by atoms with van der Waals surface area (Å²) in [5.41, 5.74) is 4.04. The van der Waals surface area contributed by atoms with Gasteiger partial charge in [0.05, 0.1) is 17.0 Å². The lowest BCUT2D eigenvalue weighted by Crippen LogP contribution is -2.25. The van der Waals surface area contributed by atoms with Gasteiger partial charge < -0.3 is 4.74 Å².